The average molecular weight is 415 g/mol. The molecule has 2 heterocycles. The van der Waals surface area contributed by atoms with Crippen LogP contribution in [0.25, 0.3) is 11.6 Å². The summed E-state index contributed by atoms with van der Waals surface area (Å²) in [4.78, 5) is 41.2. The van der Waals surface area contributed by atoms with Crippen molar-refractivity contribution in [2.45, 2.75) is 33.2 Å². The van der Waals surface area contributed by atoms with Crippen LogP contribution in [0.5, 0.6) is 0 Å². The van der Waals surface area contributed by atoms with Gasteiger partial charge in [0.1, 0.15) is 5.57 Å². The Morgan fingerprint density at radius 2 is 1.74 bits per heavy atom. The lowest BCUT2D eigenvalue weighted by Crippen LogP contribution is -2.54. The molecular weight excluding hydrogens is 390 g/mol. The molecule has 0 saturated carbocycles. The molecule has 1 saturated heterocycles. The molecular formula is C25H25N3O3. The first-order valence-corrected chi connectivity index (χ1v) is 10.1. The summed E-state index contributed by atoms with van der Waals surface area (Å²) in [6.45, 7) is 8.23. The minimum atomic E-state index is -0.745. The van der Waals surface area contributed by atoms with Crippen LogP contribution in [0.3, 0.4) is 0 Å². The van der Waals surface area contributed by atoms with Crippen LogP contribution in [0.2, 0.25) is 0 Å². The normalized spacial score (nSPS) is 19.3. The Bertz CT molecular complexity index is 1190. The van der Waals surface area contributed by atoms with Crippen molar-refractivity contribution in [2.75, 3.05) is 16.8 Å². The number of fused-ring (bicyclic) bond motifs is 1. The van der Waals surface area contributed by atoms with E-state index in [-0.39, 0.29) is 11.1 Å². The van der Waals surface area contributed by atoms with Gasteiger partial charge in [-0.3, -0.25) is 14.9 Å². The van der Waals surface area contributed by atoms with Gasteiger partial charge in [-0.1, -0.05) is 24.3 Å². The summed E-state index contributed by atoms with van der Waals surface area (Å²) in [5.74, 6) is -1.33. The number of rotatable bonds is 2. The van der Waals surface area contributed by atoms with E-state index in [4.69, 9.17) is 0 Å². The molecule has 31 heavy (non-hydrogen) atoms. The topological polar surface area (TPSA) is 69.7 Å². The van der Waals surface area contributed by atoms with Crippen LogP contribution in [0, 0.1) is 6.92 Å². The molecule has 158 valence electrons. The predicted octanol–water partition coefficient (Wildman–Crippen LogP) is 4.29. The number of nitrogens with one attached hydrogen (secondary N) is 1. The molecule has 2 aromatic rings. The van der Waals surface area contributed by atoms with E-state index in [1.54, 1.807) is 24.3 Å². The van der Waals surface area contributed by atoms with Crippen molar-refractivity contribution in [3.63, 3.8) is 0 Å². The number of anilines is 2. The second kappa shape index (κ2) is 7.23. The molecule has 0 radical (unpaired) electrons. The number of imide groups is 2. The van der Waals surface area contributed by atoms with Crippen molar-refractivity contribution in [3.05, 3.63) is 70.8 Å². The lowest BCUT2D eigenvalue weighted by Gasteiger charge is -2.40. The summed E-state index contributed by atoms with van der Waals surface area (Å²) in [7, 11) is 2.04. The third-order valence-electron chi connectivity index (χ3n) is 5.91. The number of hydrogen-bond donors (Lipinski definition) is 1. The fourth-order valence-corrected chi connectivity index (χ4v) is 4.09. The zero-order valence-electron chi connectivity index (χ0n) is 18.3. The standard InChI is InChI=1S/C25H25N3O3/c1-15-7-6-8-18(11-15)28-23(30)20(22(29)26-24(28)31)13-17-9-10-21-19(12-17)16(2)14-25(3,4)27(21)5/h6-14H,1-5H3,(H,26,29,31)/b20-13-. The highest BCUT2D eigenvalue weighted by atomic mass is 16.2. The average Bonchev–Trinajstić information content (AvgIpc) is 2.69. The molecule has 0 spiro atoms. The number of amides is 4. The van der Waals surface area contributed by atoms with Gasteiger partial charge in [0.2, 0.25) is 0 Å². The van der Waals surface area contributed by atoms with Crippen LogP contribution in [-0.2, 0) is 9.59 Å². The molecule has 1 N–H and O–H groups in total. The predicted molar refractivity (Wildman–Crippen MR) is 123 cm³/mol. The number of aryl methyl sites for hydroxylation is 1. The van der Waals surface area contributed by atoms with Gasteiger partial charge in [-0.25, -0.2) is 9.69 Å². The fourth-order valence-electron chi connectivity index (χ4n) is 4.09. The first kappa shape index (κ1) is 20.6. The van der Waals surface area contributed by atoms with Crippen molar-refractivity contribution >= 4 is 40.9 Å². The largest absolute Gasteiger partial charge is 0.366 e. The Morgan fingerprint density at radius 1 is 1.00 bits per heavy atom. The van der Waals surface area contributed by atoms with E-state index in [1.165, 1.54) is 0 Å². The molecule has 0 atom stereocenters. The van der Waals surface area contributed by atoms with E-state index in [1.807, 2.05) is 38.2 Å². The highest BCUT2D eigenvalue weighted by Crippen LogP contribution is 2.38. The van der Waals surface area contributed by atoms with Gasteiger partial charge >= 0.3 is 6.03 Å². The van der Waals surface area contributed by atoms with Gasteiger partial charge < -0.3 is 4.90 Å². The Labute approximate surface area is 181 Å². The number of benzene rings is 2. The van der Waals surface area contributed by atoms with E-state index in [9.17, 15) is 14.4 Å². The van der Waals surface area contributed by atoms with Crippen molar-refractivity contribution in [1.82, 2.24) is 5.32 Å². The Hall–Kier alpha value is -3.67. The molecule has 0 aliphatic carbocycles. The third-order valence-corrected chi connectivity index (χ3v) is 5.91. The molecule has 6 nitrogen and oxygen atoms in total. The van der Waals surface area contributed by atoms with Gasteiger partial charge in [0.15, 0.2) is 0 Å². The number of hydrogen-bond acceptors (Lipinski definition) is 4. The van der Waals surface area contributed by atoms with E-state index >= 15 is 0 Å². The molecule has 2 aliphatic rings. The Kier molecular flexibility index (Phi) is 4.81. The molecule has 1 fully saturated rings. The van der Waals surface area contributed by atoms with E-state index in [0.29, 0.717) is 5.69 Å². The van der Waals surface area contributed by atoms with Gasteiger partial charge in [0, 0.05) is 18.3 Å². The first-order chi connectivity index (χ1) is 14.6. The van der Waals surface area contributed by atoms with E-state index < -0.39 is 17.8 Å². The molecule has 2 aromatic carbocycles. The van der Waals surface area contributed by atoms with Gasteiger partial charge in [-0.05, 0) is 74.7 Å². The second-order valence-corrected chi connectivity index (χ2v) is 8.61. The maximum absolute atomic E-state index is 13.1. The van der Waals surface area contributed by atoms with Crippen LogP contribution in [0.15, 0.2) is 54.1 Å². The lowest BCUT2D eigenvalue weighted by molar-refractivity contribution is -0.122. The first-order valence-electron chi connectivity index (χ1n) is 10.1. The van der Waals surface area contributed by atoms with Crippen molar-refractivity contribution < 1.29 is 14.4 Å². The molecule has 6 heteroatoms. The number of nitrogens with zero attached hydrogens (tertiary/aromatic N) is 2. The smallest absolute Gasteiger partial charge is 0.335 e. The zero-order chi connectivity index (χ0) is 22.5. The van der Waals surface area contributed by atoms with Crippen LogP contribution >= 0.6 is 0 Å². The highest BCUT2D eigenvalue weighted by Gasteiger charge is 2.37. The monoisotopic (exact) mass is 415 g/mol. The number of carbonyl (C=O) groups excluding carboxylic acids is 3. The maximum atomic E-state index is 13.1. The van der Waals surface area contributed by atoms with Crippen molar-refractivity contribution in [3.8, 4) is 0 Å². The van der Waals surface area contributed by atoms with Crippen LogP contribution in [-0.4, -0.2) is 30.4 Å². The summed E-state index contributed by atoms with van der Waals surface area (Å²) in [6.07, 6.45) is 3.74. The lowest BCUT2D eigenvalue weighted by atomic mass is 9.88. The van der Waals surface area contributed by atoms with Gasteiger partial charge in [0.05, 0.1) is 11.2 Å². The van der Waals surface area contributed by atoms with E-state index in [2.05, 4.69) is 37.1 Å². The molecule has 4 amide bonds. The van der Waals surface area contributed by atoms with Crippen LogP contribution in [0.1, 0.15) is 37.5 Å². The maximum Gasteiger partial charge on any atom is 0.335 e. The van der Waals surface area contributed by atoms with Crippen molar-refractivity contribution in [2.24, 2.45) is 0 Å². The van der Waals surface area contributed by atoms with E-state index in [0.717, 1.165) is 32.9 Å². The summed E-state index contributed by atoms with van der Waals surface area (Å²) >= 11 is 0. The van der Waals surface area contributed by atoms with Crippen molar-refractivity contribution in [1.29, 1.82) is 0 Å². The van der Waals surface area contributed by atoms with Gasteiger partial charge in [-0.15, -0.1) is 0 Å². The fraction of sp³-hybridized carbons (Fsp3) is 0.240. The Morgan fingerprint density at radius 3 is 2.45 bits per heavy atom. The Balaban J connectivity index is 1.75. The van der Waals surface area contributed by atoms with Crippen LogP contribution < -0.4 is 15.1 Å². The summed E-state index contributed by atoms with van der Waals surface area (Å²) in [5, 5.41) is 2.28. The number of barbiturate groups is 1. The van der Waals surface area contributed by atoms with Gasteiger partial charge in [-0.2, -0.15) is 0 Å². The van der Waals surface area contributed by atoms with Gasteiger partial charge in [0.25, 0.3) is 11.8 Å². The molecule has 0 unspecified atom stereocenters. The minimum Gasteiger partial charge on any atom is -0.366 e. The SMILES string of the molecule is CC1=CC(C)(C)N(C)c2ccc(/C=C3/C(=O)NC(=O)N(c4cccc(C)c4)C3=O)cc21. The highest BCUT2D eigenvalue weighted by molar-refractivity contribution is 6.39. The number of likely N-dealkylation sites (N-methyl/N-ethyl adjacent to an activating group) is 1. The zero-order valence-corrected chi connectivity index (χ0v) is 18.3. The summed E-state index contributed by atoms with van der Waals surface area (Å²) < 4.78 is 0. The minimum absolute atomic E-state index is 0.0767. The molecule has 2 aliphatic heterocycles. The summed E-state index contributed by atoms with van der Waals surface area (Å²) in [6, 6.07) is 12.1. The number of urea groups is 1. The molecule has 0 bridgehead atoms. The number of carbonyl (C=O) groups is 3. The third kappa shape index (κ3) is 3.54. The van der Waals surface area contributed by atoms with Crippen LogP contribution in [0.4, 0.5) is 16.2 Å². The number of allylic oxidation sites excluding steroid dienone is 1. The second-order valence-electron chi connectivity index (χ2n) is 8.61. The molecule has 4 rings (SSSR count). The molecule has 0 aromatic heterocycles. The summed E-state index contributed by atoms with van der Waals surface area (Å²) in [5.41, 5.74) is 5.14. The quantitative estimate of drug-likeness (QED) is 0.587.